The van der Waals surface area contributed by atoms with Gasteiger partial charge in [0.15, 0.2) is 0 Å². The van der Waals surface area contributed by atoms with Crippen LogP contribution in [0, 0.1) is 0 Å². The molecular weight excluding hydrogens is 298 g/mol. The molecule has 0 amide bonds. The highest BCUT2D eigenvalue weighted by molar-refractivity contribution is 5.29. The zero-order chi connectivity index (χ0) is 17.2. The van der Waals surface area contributed by atoms with Crippen molar-refractivity contribution in [3.63, 3.8) is 0 Å². The van der Waals surface area contributed by atoms with Crippen LogP contribution in [0.3, 0.4) is 0 Å². The standard InChI is InChI=1S/C21H27NO2/c1-4-9-20(17-13-15-19(23-3)16-14-17)22-24-21(10-5-2)18-11-7-6-8-12-18/h4,6-8,11-16,20-22H,1,5,9-10H2,2-3H3/t20-,21-/m0/s1. The van der Waals surface area contributed by atoms with Crippen molar-refractivity contribution in [3.05, 3.63) is 78.4 Å². The lowest BCUT2D eigenvalue weighted by molar-refractivity contribution is -0.0503. The third-order valence-electron chi connectivity index (χ3n) is 4.00. The Morgan fingerprint density at radius 3 is 2.33 bits per heavy atom. The number of hydroxylamine groups is 1. The van der Waals surface area contributed by atoms with E-state index in [2.05, 4.69) is 43.2 Å². The summed E-state index contributed by atoms with van der Waals surface area (Å²) in [5, 5.41) is 0. The second kappa shape index (κ2) is 9.91. The molecule has 0 spiro atoms. The van der Waals surface area contributed by atoms with Gasteiger partial charge in [-0.1, -0.05) is 61.9 Å². The van der Waals surface area contributed by atoms with Gasteiger partial charge in [-0.15, -0.1) is 6.58 Å². The fourth-order valence-electron chi connectivity index (χ4n) is 2.64. The Balaban J connectivity index is 2.06. The molecule has 0 heterocycles. The number of hydrogen-bond donors (Lipinski definition) is 1. The summed E-state index contributed by atoms with van der Waals surface area (Å²) in [6, 6.07) is 18.4. The van der Waals surface area contributed by atoms with E-state index >= 15 is 0 Å². The van der Waals surface area contributed by atoms with Gasteiger partial charge in [-0.25, -0.2) is 0 Å². The predicted molar refractivity (Wildman–Crippen MR) is 98.9 cm³/mol. The van der Waals surface area contributed by atoms with E-state index in [1.807, 2.05) is 36.4 Å². The number of hydrogen-bond acceptors (Lipinski definition) is 3. The van der Waals surface area contributed by atoms with Gasteiger partial charge in [0.05, 0.1) is 13.2 Å². The summed E-state index contributed by atoms with van der Waals surface area (Å²) in [6.07, 6.45) is 4.78. The van der Waals surface area contributed by atoms with Crippen LogP contribution in [-0.2, 0) is 4.84 Å². The van der Waals surface area contributed by atoms with Gasteiger partial charge in [-0.2, -0.15) is 5.48 Å². The first-order valence-electron chi connectivity index (χ1n) is 8.49. The zero-order valence-electron chi connectivity index (χ0n) is 14.6. The number of ether oxygens (including phenoxy) is 1. The molecule has 2 aromatic carbocycles. The minimum absolute atomic E-state index is 0.0433. The molecule has 1 N–H and O–H groups in total. The molecule has 0 aliphatic carbocycles. The average Bonchev–Trinajstić information content (AvgIpc) is 2.65. The van der Waals surface area contributed by atoms with Crippen molar-refractivity contribution in [2.75, 3.05) is 7.11 Å². The van der Waals surface area contributed by atoms with E-state index in [1.165, 1.54) is 5.56 Å². The van der Waals surface area contributed by atoms with Gasteiger partial charge in [0.1, 0.15) is 11.9 Å². The highest BCUT2D eigenvalue weighted by atomic mass is 16.7. The minimum Gasteiger partial charge on any atom is -0.497 e. The molecule has 0 fully saturated rings. The van der Waals surface area contributed by atoms with Gasteiger partial charge in [-0.3, -0.25) is 4.84 Å². The molecule has 0 radical (unpaired) electrons. The van der Waals surface area contributed by atoms with E-state index in [0.29, 0.717) is 0 Å². The molecule has 0 aliphatic heterocycles. The van der Waals surface area contributed by atoms with Gasteiger partial charge in [0.2, 0.25) is 0 Å². The second-order valence-corrected chi connectivity index (χ2v) is 5.77. The third kappa shape index (κ3) is 5.22. The summed E-state index contributed by atoms with van der Waals surface area (Å²) in [7, 11) is 1.67. The van der Waals surface area contributed by atoms with Crippen LogP contribution in [-0.4, -0.2) is 7.11 Å². The van der Waals surface area contributed by atoms with Gasteiger partial charge in [-0.05, 0) is 36.1 Å². The molecule has 0 aromatic heterocycles. The van der Waals surface area contributed by atoms with Gasteiger partial charge in [0.25, 0.3) is 0 Å². The van der Waals surface area contributed by atoms with Crippen LogP contribution in [0.1, 0.15) is 49.5 Å². The molecule has 0 bridgehead atoms. The lowest BCUT2D eigenvalue weighted by Crippen LogP contribution is -2.24. The van der Waals surface area contributed by atoms with Crippen LogP contribution in [0.5, 0.6) is 5.75 Å². The van der Waals surface area contributed by atoms with Gasteiger partial charge >= 0.3 is 0 Å². The normalized spacial score (nSPS) is 13.2. The van der Waals surface area contributed by atoms with E-state index in [1.54, 1.807) is 7.11 Å². The quantitative estimate of drug-likeness (QED) is 0.470. The summed E-state index contributed by atoms with van der Waals surface area (Å²) in [6.45, 7) is 6.03. The van der Waals surface area contributed by atoms with Crippen LogP contribution < -0.4 is 10.2 Å². The van der Waals surface area contributed by atoms with Crippen molar-refractivity contribution in [3.8, 4) is 5.75 Å². The molecule has 0 aliphatic rings. The molecule has 2 atom stereocenters. The Labute approximate surface area is 145 Å². The maximum Gasteiger partial charge on any atom is 0.118 e. The molecule has 24 heavy (non-hydrogen) atoms. The zero-order valence-corrected chi connectivity index (χ0v) is 14.6. The molecule has 0 saturated heterocycles. The smallest absolute Gasteiger partial charge is 0.118 e. The first-order chi connectivity index (χ1) is 11.8. The average molecular weight is 325 g/mol. The highest BCUT2D eigenvalue weighted by Crippen LogP contribution is 2.25. The Hall–Kier alpha value is -2.10. The maximum absolute atomic E-state index is 6.07. The summed E-state index contributed by atoms with van der Waals surface area (Å²) in [4.78, 5) is 6.07. The number of benzene rings is 2. The first-order valence-corrected chi connectivity index (χ1v) is 8.49. The number of methoxy groups -OCH3 is 1. The van der Waals surface area contributed by atoms with E-state index in [4.69, 9.17) is 9.57 Å². The van der Waals surface area contributed by atoms with E-state index in [9.17, 15) is 0 Å². The molecule has 2 rings (SSSR count). The largest absolute Gasteiger partial charge is 0.497 e. The van der Waals surface area contributed by atoms with Crippen molar-refractivity contribution in [2.24, 2.45) is 0 Å². The van der Waals surface area contributed by atoms with Crippen LogP contribution in [0.4, 0.5) is 0 Å². The number of nitrogens with one attached hydrogen (secondary N) is 1. The van der Waals surface area contributed by atoms with E-state index in [-0.39, 0.29) is 12.1 Å². The Morgan fingerprint density at radius 1 is 1.04 bits per heavy atom. The molecule has 3 heteroatoms. The summed E-state index contributed by atoms with van der Waals surface area (Å²) in [5.41, 5.74) is 5.59. The maximum atomic E-state index is 6.07. The number of rotatable bonds is 10. The van der Waals surface area contributed by atoms with Crippen molar-refractivity contribution in [1.29, 1.82) is 0 Å². The van der Waals surface area contributed by atoms with Crippen molar-refractivity contribution in [1.82, 2.24) is 5.48 Å². The molecule has 2 aromatic rings. The van der Waals surface area contributed by atoms with Crippen LogP contribution >= 0.6 is 0 Å². The van der Waals surface area contributed by atoms with Crippen LogP contribution in [0.2, 0.25) is 0 Å². The van der Waals surface area contributed by atoms with Crippen LogP contribution in [0.25, 0.3) is 0 Å². The summed E-state index contributed by atoms with van der Waals surface area (Å²) < 4.78 is 5.23. The molecular formula is C21H27NO2. The van der Waals surface area contributed by atoms with E-state index in [0.717, 1.165) is 30.6 Å². The van der Waals surface area contributed by atoms with Gasteiger partial charge < -0.3 is 4.74 Å². The second-order valence-electron chi connectivity index (χ2n) is 5.77. The van der Waals surface area contributed by atoms with Crippen molar-refractivity contribution in [2.45, 2.75) is 38.3 Å². The Morgan fingerprint density at radius 2 is 1.75 bits per heavy atom. The fourth-order valence-corrected chi connectivity index (χ4v) is 2.64. The lowest BCUT2D eigenvalue weighted by atomic mass is 10.0. The SMILES string of the molecule is C=CC[C@H](NO[C@@H](CCC)c1ccccc1)c1ccc(OC)cc1. The molecule has 128 valence electrons. The monoisotopic (exact) mass is 325 g/mol. The van der Waals surface area contributed by atoms with Gasteiger partial charge in [0, 0.05) is 0 Å². The Bertz CT molecular complexity index is 595. The van der Waals surface area contributed by atoms with Crippen molar-refractivity contribution < 1.29 is 9.57 Å². The Kier molecular flexibility index (Phi) is 7.53. The predicted octanol–water partition coefficient (Wildman–Crippen LogP) is 5.38. The lowest BCUT2D eigenvalue weighted by Gasteiger charge is -2.23. The highest BCUT2D eigenvalue weighted by Gasteiger charge is 2.15. The minimum atomic E-state index is 0.0433. The van der Waals surface area contributed by atoms with E-state index < -0.39 is 0 Å². The fraction of sp³-hybridized carbons (Fsp3) is 0.333. The van der Waals surface area contributed by atoms with Crippen LogP contribution in [0.15, 0.2) is 67.3 Å². The first kappa shape index (κ1) is 18.2. The molecule has 0 saturated carbocycles. The summed E-state index contributed by atoms with van der Waals surface area (Å²) in [5.74, 6) is 0.852. The topological polar surface area (TPSA) is 30.5 Å². The van der Waals surface area contributed by atoms with Crippen molar-refractivity contribution >= 4 is 0 Å². The molecule has 0 unspecified atom stereocenters. The summed E-state index contributed by atoms with van der Waals surface area (Å²) >= 11 is 0. The third-order valence-corrected chi connectivity index (χ3v) is 4.00. The molecule has 3 nitrogen and oxygen atoms in total.